The monoisotopic (exact) mass is 387 g/mol. The second-order valence-electron chi connectivity index (χ2n) is 7.31. The number of amides is 1. The predicted molar refractivity (Wildman–Crippen MR) is 110 cm³/mol. The summed E-state index contributed by atoms with van der Waals surface area (Å²) in [6.45, 7) is 8.01. The number of nitrogens with one attached hydrogen (secondary N) is 1. The molecule has 3 rings (SSSR count). The van der Waals surface area contributed by atoms with Crippen LogP contribution >= 0.6 is 11.6 Å². The minimum atomic E-state index is -0.147. The van der Waals surface area contributed by atoms with Crippen molar-refractivity contribution in [2.45, 2.75) is 40.2 Å². The molecule has 144 valence electrons. The Balaban J connectivity index is 1.61. The molecular formula is C20H26ClN5O. The fraction of sp³-hybridized carbons (Fsp3) is 0.450. The van der Waals surface area contributed by atoms with Crippen molar-refractivity contribution in [3.8, 4) is 0 Å². The highest BCUT2D eigenvalue weighted by molar-refractivity contribution is 6.32. The first-order chi connectivity index (χ1) is 13.0. The van der Waals surface area contributed by atoms with Crippen molar-refractivity contribution in [2.75, 3.05) is 18.0 Å². The van der Waals surface area contributed by atoms with Crippen LogP contribution < -0.4 is 10.3 Å². The number of carbonyl (C=O) groups is 1. The van der Waals surface area contributed by atoms with Gasteiger partial charge in [0, 0.05) is 18.8 Å². The number of aryl methyl sites for hydroxylation is 2. The highest BCUT2D eigenvalue weighted by Gasteiger charge is 2.18. The number of hydrazone groups is 1. The van der Waals surface area contributed by atoms with Gasteiger partial charge in [-0.05, 0) is 37.3 Å². The molecule has 1 aliphatic rings. The molecule has 0 radical (unpaired) electrons. The maximum absolute atomic E-state index is 12.3. The summed E-state index contributed by atoms with van der Waals surface area (Å²) in [5.74, 6) is 0.296. The molecule has 0 aliphatic carbocycles. The molecule has 6 nitrogen and oxygen atoms in total. The molecule has 0 unspecified atom stereocenters. The number of anilines is 1. The molecule has 0 spiro atoms. The van der Waals surface area contributed by atoms with Crippen LogP contribution in [-0.4, -0.2) is 35.0 Å². The van der Waals surface area contributed by atoms with E-state index in [2.05, 4.69) is 46.5 Å². The molecule has 0 bridgehead atoms. The zero-order chi connectivity index (χ0) is 19.4. The number of nitrogens with zero attached hydrogens (tertiary/aromatic N) is 4. The Hall–Kier alpha value is -2.34. The lowest BCUT2D eigenvalue weighted by Gasteiger charge is -2.30. The van der Waals surface area contributed by atoms with Crippen LogP contribution in [0.3, 0.4) is 0 Å². The van der Waals surface area contributed by atoms with E-state index in [0.717, 1.165) is 42.9 Å². The Morgan fingerprint density at radius 3 is 2.96 bits per heavy atom. The van der Waals surface area contributed by atoms with Crippen LogP contribution in [0.25, 0.3) is 0 Å². The maximum Gasteiger partial charge on any atom is 0.259 e. The van der Waals surface area contributed by atoms with Gasteiger partial charge in [-0.15, -0.1) is 0 Å². The maximum atomic E-state index is 12.3. The lowest BCUT2D eigenvalue weighted by molar-refractivity contribution is -0.119. The molecule has 7 heteroatoms. The lowest BCUT2D eigenvalue weighted by atomic mass is 10.0. The van der Waals surface area contributed by atoms with Gasteiger partial charge in [0.25, 0.3) is 5.91 Å². The molecule has 2 heterocycles. The van der Waals surface area contributed by atoms with E-state index in [9.17, 15) is 4.79 Å². The summed E-state index contributed by atoms with van der Waals surface area (Å²) in [4.78, 5) is 14.4. The normalized spacial score (nSPS) is 14.0. The Kier molecular flexibility index (Phi) is 6.16. The zero-order valence-corrected chi connectivity index (χ0v) is 16.8. The van der Waals surface area contributed by atoms with Gasteiger partial charge in [-0.25, -0.2) is 5.43 Å². The topological polar surface area (TPSA) is 62.5 Å². The molecule has 0 atom stereocenters. The van der Waals surface area contributed by atoms with E-state index in [1.54, 1.807) is 10.9 Å². The minimum Gasteiger partial charge on any atom is -0.362 e. The van der Waals surface area contributed by atoms with Gasteiger partial charge >= 0.3 is 0 Å². The number of aromatic nitrogens is 2. The van der Waals surface area contributed by atoms with Gasteiger partial charge in [0.2, 0.25) is 0 Å². The highest BCUT2D eigenvalue weighted by Crippen LogP contribution is 2.26. The third kappa shape index (κ3) is 4.69. The van der Waals surface area contributed by atoms with Gasteiger partial charge in [0.1, 0.15) is 5.15 Å². The number of carbonyl (C=O) groups excluding carboxylic acids is 1. The molecular weight excluding hydrogens is 362 g/mol. The van der Waals surface area contributed by atoms with Crippen LogP contribution in [0.1, 0.15) is 37.1 Å². The standard InChI is InChI=1S/C20H26ClN5O/c1-14(2)12-26-20(21)17(15(3)24-26)11-22-23-19(27)13-25-10-6-8-16-7-4-5-9-18(16)25/h4-5,7,9,11,14H,6,8,10,12-13H2,1-3H3,(H,23,27)/b22-11-. The molecule has 27 heavy (non-hydrogen) atoms. The van der Waals surface area contributed by atoms with E-state index in [-0.39, 0.29) is 12.5 Å². The summed E-state index contributed by atoms with van der Waals surface area (Å²) >= 11 is 6.39. The summed E-state index contributed by atoms with van der Waals surface area (Å²) in [5.41, 5.74) is 6.57. The number of benzene rings is 1. The third-order valence-electron chi connectivity index (χ3n) is 4.57. The lowest BCUT2D eigenvalue weighted by Crippen LogP contribution is -2.38. The van der Waals surface area contributed by atoms with E-state index in [4.69, 9.17) is 11.6 Å². The second-order valence-corrected chi connectivity index (χ2v) is 7.67. The number of para-hydroxylation sites is 1. The SMILES string of the molecule is Cc1nn(CC(C)C)c(Cl)c1/C=N\NC(=O)CN1CCCc2ccccc21. The fourth-order valence-electron chi connectivity index (χ4n) is 3.33. The highest BCUT2D eigenvalue weighted by atomic mass is 35.5. The first-order valence-corrected chi connectivity index (χ1v) is 9.71. The second kappa shape index (κ2) is 8.57. The Labute approximate surface area is 165 Å². The van der Waals surface area contributed by atoms with Crippen LogP contribution in [0.2, 0.25) is 5.15 Å². The van der Waals surface area contributed by atoms with Gasteiger partial charge in [-0.2, -0.15) is 10.2 Å². The molecule has 1 aromatic carbocycles. The van der Waals surface area contributed by atoms with Gasteiger partial charge in [0.05, 0.1) is 24.0 Å². The van der Waals surface area contributed by atoms with Crippen molar-refractivity contribution in [2.24, 2.45) is 11.0 Å². The predicted octanol–water partition coefficient (Wildman–Crippen LogP) is 3.40. The summed E-state index contributed by atoms with van der Waals surface area (Å²) in [7, 11) is 0. The quantitative estimate of drug-likeness (QED) is 0.610. The van der Waals surface area contributed by atoms with Gasteiger partial charge in [-0.1, -0.05) is 43.6 Å². The van der Waals surface area contributed by atoms with E-state index in [1.807, 2.05) is 19.1 Å². The smallest absolute Gasteiger partial charge is 0.259 e. The first kappa shape index (κ1) is 19.4. The van der Waals surface area contributed by atoms with Crippen molar-refractivity contribution in [3.63, 3.8) is 0 Å². The molecule has 0 saturated heterocycles. The number of hydrogen-bond acceptors (Lipinski definition) is 4. The van der Waals surface area contributed by atoms with Crippen LogP contribution in [0.4, 0.5) is 5.69 Å². The third-order valence-corrected chi connectivity index (χ3v) is 4.97. The Bertz CT molecular complexity index is 843. The first-order valence-electron chi connectivity index (χ1n) is 9.33. The molecule has 1 aliphatic heterocycles. The Morgan fingerprint density at radius 2 is 2.19 bits per heavy atom. The Morgan fingerprint density at radius 1 is 1.41 bits per heavy atom. The molecule has 1 N–H and O–H groups in total. The summed E-state index contributed by atoms with van der Waals surface area (Å²) in [6.07, 6.45) is 3.69. The fourth-order valence-corrected chi connectivity index (χ4v) is 3.63. The zero-order valence-electron chi connectivity index (χ0n) is 16.1. The van der Waals surface area contributed by atoms with Crippen molar-refractivity contribution < 1.29 is 4.79 Å². The van der Waals surface area contributed by atoms with E-state index in [1.165, 1.54) is 5.56 Å². The van der Waals surface area contributed by atoms with Crippen LogP contribution in [-0.2, 0) is 17.8 Å². The molecule has 0 fully saturated rings. The molecule has 1 amide bonds. The number of hydrogen-bond donors (Lipinski definition) is 1. The molecule has 0 saturated carbocycles. The number of fused-ring (bicyclic) bond motifs is 1. The van der Waals surface area contributed by atoms with Crippen LogP contribution in [0, 0.1) is 12.8 Å². The molecule has 2 aromatic rings. The number of halogens is 1. The summed E-state index contributed by atoms with van der Waals surface area (Å²) < 4.78 is 1.77. The van der Waals surface area contributed by atoms with E-state index in [0.29, 0.717) is 11.1 Å². The summed E-state index contributed by atoms with van der Waals surface area (Å²) in [5, 5.41) is 9.07. The van der Waals surface area contributed by atoms with Gasteiger partial charge in [0.15, 0.2) is 0 Å². The average molecular weight is 388 g/mol. The van der Waals surface area contributed by atoms with E-state index >= 15 is 0 Å². The van der Waals surface area contributed by atoms with Crippen molar-refractivity contribution in [1.82, 2.24) is 15.2 Å². The van der Waals surface area contributed by atoms with E-state index < -0.39 is 0 Å². The van der Waals surface area contributed by atoms with Gasteiger partial charge in [-0.3, -0.25) is 9.48 Å². The minimum absolute atomic E-state index is 0.147. The van der Waals surface area contributed by atoms with Crippen molar-refractivity contribution >= 4 is 29.4 Å². The van der Waals surface area contributed by atoms with Crippen LogP contribution in [0.5, 0.6) is 0 Å². The average Bonchev–Trinajstić information content (AvgIpc) is 2.89. The largest absolute Gasteiger partial charge is 0.362 e. The van der Waals surface area contributed by atoms with Crippen molar-refractivity contribution in [1.29, 1.82) is 0 Å². The molecule has 1 aromatic heterocycles. The summed E-state index contributed by atoms with van der Waals surface area (Å²) in [6, 6.07) is 8.24. The van der Waals surface area contributed by atoms with Crippen LogP contribution in [0.15, 0.2) is 29.4 Å². The van der Waals surface area contributed by atoms with Gasteiger partial charge < -0.3 is 4.90 Å². The van der Waals surface area contributed by atoms with Crippen molar-refractivity contribution in [3.05, 3.63) is 46.2 Å². The number of rotatable bonds is 6.